The number of pyridine rings is 1. The number of carbonyl (C=O) groups is 1. The summed E-state index contributed by atoms with van der Waals surface area (Å²) in [5.41, 5.74) is -0.317. The summed E-state index contributed by atoms with van der Waals surface area (Å²) < 4.78 is 39.0. The van der Waals surface area contributed by atoms with E-state index in [0.717, 1.165) is 6.20 Å². The highest BCUT2D eigenvalue weighted by molar-refractivity contribution is 6.67. The predicted octanol–water partition coefficient (Wildman–Crippen LogP) is 2.37. The summed E-state index contributed by atoms with van der Waals surface area (Å²) in [6.07, 6.45) is -4.17. The number of carbonyl (C=O) groups excluding carboxylic acids is 1. The molecule has 0 aliphatic heterocycles. The van der Waals surface area contributed by atoms with E-state index in [1.807, 2.05) is 0 Å². The molecule has 0 saturated carbocycles. The molecule has 0 radical (unpaired) electrons. The first kappa shape index (κ1) is 12.6. The van der Waals surface area contributed by atoms with Crippen LogP contribution >= 0.6 is 11.6 Å². The van der Waals surface area contributed by atoms with E-state index in [9.17, 15) is 23.1 Å². The minimum Gasteiger partial charge on any atom is -0.503 e. The summed E-state index contributed by atoms with van der Waals surface area (Å²) in [5, 5.41) is 8.36. The Labute approximate surface area is 92.6 Å². The first-order valence-corrected chi connectivity index (χ1v) is 4.24. The van der Waals surface area contributed by atoms with Gasteiger partial charge in [-0.05, 0) is 18.5 Å². The second kappa shape index (κ2) is 4.17. The highest BCUT2D eigenvalue weighted by Crippen LogP contribution is 2.33. The maximum absolute atomic E-state index is 11.8. The third-order valence-electron chi connectivity index (χ3n) is 1.70. The number of aromatic nitrogens is 1. The fraction of sp³-hybridized carbons (Fsp3) is 0.250. The normalized spacial score (nSPS) is 11.3. The monoisotopic (exact) mass is 255 g/mol. The summed E-state index contributed by atoms with van der Waals surface area (Å²) >= 11 is 5.11. The summed E-state index contributed by atoms with van der Waals surface area (Å²) in [5.74, 6) is -1.89. The van der Waals surface area contributed by atoms with Gasteiger partial charge < -0.3 is 9.84 Å². The lowest BCUT2D eigenvalue weighted by Gasteiger charge is -2.11. The van der Waals surface area contributed by atoms with Crippen LogP contribution in [0.2, 0.25) is 0 Å². The molecule has 0 spiro atoms. The van der Waals surface area contributed by atoms with Gasteiger partial charge in [0.15, 0.2) is 5.75 Å². The van der Waals surface area contributed by atoms with E-state index in [1.165, 1.54) is 6.92 Å². The highest BCUT2D eigenvalue weighted by atomic mass is 35.5. The van der Waals surface area contributed by atoms with E-state index in [2.05, 4.69) is 9.72 Å². The van der Waals surface area contributed by atoms with E-state index in [-0.39, 0.29) is 11.1 Å². The highest BCUT2D eigenvalue weighted by Gasteiger charge is 2.33. The molecule has 1 rings (SSSR count). The van der Waals surface area contributed by atoms with Crippen LogP contribution in [0, 0.1) is 6.92 Å². The number of hydrogen-bond acceptors (Lipinski definition) is 4. The molecule has 1 heterocycles. The summed E-state index contributed by atoms with van der Waals surface area (Å²) in [6, 6.07) is 0. The molecule has 0 amide bonds. The van der Waals surface area contributed by atoms with Crippen molar-refractivity contribution in [1.82, 2.24) is 4.98 Å². The SMILES string of the molecule is Cc1c(C(=O)Cl)cnc(OC(F)(F)F)c1O. The van der Waals surface area contributed by atoms with Crippen LogP contribution in [0.5, 0.6) is 11.6 Å². The molecule has 88 valence electrons. The zero-order valence-electron chi connectivity index (χ0n) is 7.80. The van der Waals surface area contributed by atoms with Gasteiger partial charge in [-0.25, -0.2) is 4.98 Å². The summed E-state index contributed by atoms with van der Waals surface area (Å²) in [4.78, 5) is 13.9. The minimum absolute atomic E-state index is 0.130. The topological polar surface area (TPSA) is 59.4 Å². The molecule has 8 heteroatoms. The van der Waals surface area contributed by atoms with Crippen LogP contribution in [-0.2, 0) is 0 Å². The molecule has 0 atom stereocenters. The van der Waals surface area contributed by atoms with Crippen LogP contribution in [0.1, 0.15) is 15.9 Å². The molecule has 16 heavy (non-hydrogen) atoms. The molecule has 0 bridgehead atoms. The van der Waals surface area contributed by atoms with Crippen molar-refractivity contribution >= 4 is 16.8 Å². The van der Waals surface area contributed by atoms with Crippen molar-refractivity contribution in [2.24, 2.45) is 0 Å². The third-order valence-corrected chi connectivity index (χ3v) is 1.90. The number of hydrogen-bond donors (Lipinski definition) is 1. The van der Waals surface area contributed by atoms with E-state index in [4.69, 9.17) is 11.6 Å². The Morgan fingerprint density at radius 2 is 2.12 bits per heavy atom. The van der Waals surface area contributed by atoms with Crippen LogP contribution in [-0.4, -0.2) is 21.7 Å². The molecule has 0 unspecified atom stereocenters. The number of rotatable bonds is 2. The maximum atomic E-state index is 11.8. The molecule has 1 aromatic rings. The lowest BCUT2D eigenvalue weighted by molar-refractivity contribution is -0.276. The van der Waals surface area contributed by atoms with Gasteiger partial charge in [-0.3, -0.25) is 4.79 Å². The van der Waals surface area contributed by atoms with Gasteiger partial charge in [0.25, 0.3) is 11.1 Å². The quantitative estimate of drug-likeness (QED) is 0.824. The second-order valence-electron chi connectivity index (χ2n) is 2.77. The number of halogens is 4. The van der Waals surface area contributed by atoms with E-state index >= 15 is 0 Å². The van der Waals surface area contributed by atoms with Gasteiger partial charge in [0.2, 0.25) is 0 Å². The summed E-state index contributed by atoms with van der Waals surface area (Å²) in [7, 11) is 0. The average Bonchev–Trinajstić information content (AvgIpc) is 2.10. The van der Waals surface area contributed by atoms with Gasteiger partial charge in [-0.1, -0.05) is 0 Å². The predicted molar refractivity (Wildman–Crippen MR) is 47.5 cm³/mol. The lowest BCUT2D eigenvalue weighted by atomic mass is 10.1. The van der Waals surface area contributed by atoms with Gasteiger partial charge in [0.1, 0.15) is 0 Å². The maximum Gasteiger partial charge on any atom is 0.574 e. The molecular weight excluding hydrogens is 251 g/mol. The van der Waals surface area contributed by atoms with Crippen LogP contribution in [0.25, 0.3) is 0 Å². The van der Waals surface area contributed by atoms with Crippen LogP contribution in [0.3, 0.4) is 0 Å². The van der Waals surface area contributed by atoms with Gasteiger partial charge in [0.05, 0.1) is 5.56 Å². The number of alkyl halides is 3. The van der Waals surface area contributed by atoms with Crippen molar-refractivity contribution in [2.75, 3.05) is 0 Å². The Bertz CT molecular complexity index is 433. The molecule has 0 fully saturated rings. The number of nitrogens with zero attached hydrogens (tertiary/aromatic N) is 1. The Balaban J connectivity index is 3.17. The lowest BCUT2D eigenvalue weighted by Crippen LogP contribution is -2.18. The Hall–Kier alpha value is -1.50. The summed E-state index contributed by atoms with van der Waals surface area (Å²) in [6.45, 7) is 1.22. The largest absolute Gasteiger partial charge is 0.574 e. The first-order chi connectivity index (χ1) is 7.22. The van der Waals surface area contributed by atoms with Gasteiger partial charge in [-0.2, -0.15) is 0 Å². The fourth-order valence-electron chi connectivity index (χ4n) is 0.952. The zero-order chi connectivity index (χ0) is 12.5. The van der Waals surface area contributed by atoms with E-state index in [1.54, 1.807) is 0 Å². The molecule has 0 saturated heterocycles. The Morgan fingerprint density at radius 1 is 1.56 bits per heavy atom. The van der Waals surface area contributed by atoms with Crippen LogP contribution in [0.15, 0.2) is 6.20 Å². The molecular formula is C8H5ClF3NO3. The second-order valence-corrected chi connectivity index (χ2v) is 3.12. The van der Waals surface area contributed by atoms with Crippen molar-refractivity contribution < 1.29 is 27.8 Å². The standard InChI is InChI=1S/C8H5ClF3NO3/c1-3-4(6(9)15)2-13-7(5(3)14)16-8(10,11)12/h2,14H,1H3. The minimum atomic E-state index is -4.97. The van der Waals surface area contributed by atoms with Crippen molar-refractivity contribution in [2.45, 2.75) is 13.3 Å². The molecule has 0 aliphatic carbocycles. The van der Waals surface area contributed by atoms with E-state index in [0.29, 0.717) is 0 Å². The van der Waals surface area contributed by atoms with Crippen molar-refractivity contribution in [3.8, 4) is 11.6 Å². The van der Waals surface area contributed by atoms with Crippen molar-refractivity contribution in [3.05, 3.63) is 17.3 Å². The van der Waals surface area contributed by atoms with E-state index < -0.39 is 23.2 Å². The smallest absolute Gasteiger partial charge is 0.503 e. The average molecular weight is 256 g/mol. The Kier molecular flexibility index (Phi) is 3.27. The molecule has 1 N–H and O–H groups in total. The molecule has 1 aromatic heterocycles. The van der Waals surface area contributed by atoms with Crippen LogP contribution in [0.4, 0.5) is 13.2 Å². The van der Waals surface area contributed by atoms with Crippen LogP contribution < -0.4 is 4.74 Å². The Morgan fingerprint density at radius 3 is 2.56 bits per heavy atom. The molecule has 4 nitrogen and oxygen atoms in total. The van der Waals surface area contributed by atoms with Crippen molar-refractivity contribution in [3.63, 3.8) is 0 Å². The van der Waals surface area contributed by atoms with Gasteiger partial charge >= 0.3 is 6.36 Å². The number of ether oxygens (including phenoxy) is 1. The van der Waals surface area contributed by atoms with Gasteiger partial charge in [0, 0.05) is 11.8 Å². The van der Waals surface area contributed by atoms with Gasteiger partial charge in [-0.15, -0.1) is 13.2 Å². The molecule has 0 aliphatic rings. The first-order valence-electron chi connectivity index (χ1n) is 3.86. The zero-order valence-corrected chi connectivity index (χ0v) is 8.56. The number of aromatic hydroxyl groups is 1. The van der Waals surface area contributed by atoms with Crippen molar-refractivity contribution in [1.29, 1.82) is 0 Å². The fourth-order valence-corrected chi connectivity index (χ4v) is 1.14. The third kappa shape index (κ3) is 2.75. The molecule has 0 aromatic carbocycles.